The topological polar surface area (TPSA) is 83.6 Å². The fourth-order valence-corrected chi connectivity index (χ4v) is 2.44. The molecular formula is C17H18N2O4. The molecule has 0 aliphatic heterocycles. The Morgan fingerprint density at radius 2 is 2.00 bits per heavy atom. The number of carboxylic acid groups (broad SMARTS) is 1. The van der Waals surface area contributed by atoms with E-state index in [2.05, 4.69) is 5.16 Å². The molecule has 0 atom stereocenters. The Morgan fingerprint density at radius 3 is 2.65 bits per heavy atom. The highest BCUT2D eigenvalue weighted by Crippen LogP contribution is 2.40. The van der Waals surface area contributed by atoms with Crippen molar-refractivity contribution in [2.75, 3.05) is 13.1 Å². The molecule has 1 fully saturated rings. The summed E-state index contributed by atoms with van der Waals surface area (Å²) >= 11 is 0. The Balaban J connectivity index is 1.68. The van der Waals surface area contributed by atoms with Crippen LogP contribution in [0.25, 0.3) is 0 Å². The number of aliphatic carboxylic acids is 1. The van der Waals surface area contributed by atoms with Crippen LogP contribution in [0.2, 0.25) is 0 Å². The first-order valence-corrected chi connectivity index (χ1v) is 7.65. The van der Waals surface area contributed by atoms with Gasteiger partial charge in [-0.25, -0.2) is 0 Å². The zero-order valence-corrected chi connectivity index (χ0v) is 12.6. The van der Waals surface area contributed by atoms with Gasteiger partial charge in [0.1, 0.15) is 12.3 Å². The molecule has 23 heavy (non-hydrogen) atoms. The second-order valence-corrected chi connectivity index (χ2v) is 5.74. The maximum Gasteiger partial charge on any atom is 0.323 e. The van der Waals surface area contributed by atoms with E-state index in [1.165, 1.54) is 4.90 Å². The lowest BCUT2D eigenvalue weighted by atomic mass is 10.1. The van der Waals surface area contributed by atoms with Gasteiger partial charge in [-0.05, 0) is 24.8 Å². The minimum Gasteiger partial charge on any atom is -0.480 e. The first-order valence-electron chi connectivity index (χ1n) is 7.65. The second-order valence-electron chi connectivity index (χ2n) is 5.74. The number of nitrogens with zero attached hydrogens (tertiary/aromatic N) is 2. The van der Waals surface area contributed by atoms with Crippen LogP contribution in [0.1, 0.15) is 40.6 Å². The predicted molar refractivity (Wildman–Crippen MR) is 82.2 cm³/mol. The van der Waals surface area contributed by atoms with Crippen LogP contribution in [0.3, 0.4) is 0 Å². The molecule has 120 valence electrons. The van der Waals surface area contributed by atoms with Gasteiger partial charge in [0.25, 0.3) is 5.91 Å². The molecule has 0 bridgehead atoms. The fraction of sp³-hybridized carbons (Fsp3) is 0.353. The number of benzene rings is 1. The van der Waals surface area contributed by atoms with Crippen molar-refractivity contribution in [1.29, 1.82) is 0 Å². The van der Waals surface area contributed by atoms with Crippen molar-refractivity contribution < 1.29 is 19.2 Å². The standard InChI is InChI=1S/C17H18N2O4/c20-16(21)11-19(9-8-12-4-2-1-3-5-12)17(22)14-10-15(23-18-14)13-6-7-13/h1-5,10,13H,6-9,11H2,(H,20,21). The van der Waals surface area contributed by atoms with Gasteiger partial charge in [-0.2, -0.15) is 0 Å². The number of amides is 1. The van der Waals surface area contributed by atoms with Crippen molar-refractivity contribution in [3.63, 3.8) is 0 Å². The summed E-state index contributed by atoms with van der Waals surface area (Å²) < 4.78 is 5.18. The second kappa shape index (κ2) is 6.64. The van der Waals surface area contributed by atoms with E-state index < -0.39 is 11.9 Å². The summed E-state index contributed by atoms with van der Waals surface area (Å²) in [5, 5.41) is 12.8. The Hall–Kier alpha value is -2.63. The van der Waals surface area contributed by atoms with Gasteiger partial charge in [0.05, 0.1) is 0 Å². The maximum absolute atomic E-state index is 12.5. The number of carbonyl (C=O) groups excluding carboxylic acids is 1. The zero-order chi connectivity index (χ0) is 16.2. The molecule has 1 aromatic carbocycles. The third kappa shape index (κ3) is 3.97. The summed E-state index contributed by atoms with van der Waals surface area (Å²) in [6.07, 6.45) is 2.69. The molecule has 1 heterocycles. The first kappa shape index (κ1) is 15.3. The average molecular weight is 314 g/mol. The van der Waals surface area contributed by atoms with Crippen LogP contribution in [0.5, 0.6) is 0 Å². The molecule has 0 unspecified atom stereocenters. The molecule has 1 amide bonds. The molecule has 1 saturated carbocycles. The number of rotatable bonds is 7. The fourth-order valence-electron chi connectivity index (χ4n) is 2.44. The van der Waals surface area contributed by atoms with E-state index in [9.17, 15) is 9.59 Å². The van der Waals surface area contributed by atoms with Gasteiger partial charge in [-0.15, -0.1) is 0 Å². The van der Waals surface area contributed by atoms with Crippen LogP contribution in [-0.4, -0.2) is 40.1 Å². The molecule has 1 aliphatic rings. The summed E-state index contributed by atoms with van der Waals surface area (Å²) in [5.41, 5.74) is 1.23. The molecular weight excluding hydrogens is 296 g/mol. The monoisotopic (exact) mass is 314 g/mol. The molecule has 6 heteroatoms. The summed E-state index contributed by atoms with van der Waals surface area (Å²) in [7, 11) is 0. The van der Waals surface area contributed by atoms with E-state index in [0.29, 0.717) is 24.6 Å². The van der Waals surface area contributed by atoms with Crippen LogP contribution < -0.4 is 0 Å². The first-order chi connectivity index (χ1) is 11.1. The highest BCUT2D eigenvalue weighted by molar-refractivity contribution is 5.94. The SMILES string of the molecule is O=C(O)CN(CCc1ccccc1)C(=O)c1cc(C2CC2)on1. The molecule has 0 saturated heterocycles. The van der Waals surface area contributed by atoms with Gasteiger partial charge in [0, 0.05) is 18.5 Å². The molecule has 6 nitrogen and oxygen atoms in total. The summed E-state index contributed by atoms with van der Waals surface area (Å²) in [4.78, 5) is 24.8. The van der Waals surface area contributed by atoms with E-state index in [4.69, 9.17) is 9.63 Å². The van der Waals surface area contributed by atoms with Gasteiger partial charge in [-0.1, -0.05) is 35.5 Å². The van der Waals surface area contributed by atoms with Gasteiger partial charge in [-0.3, -0.25) is 9.59 Å². The van der Waals surface area contributed by atoms with Crippen molar-refractivity contribution in [1.82, 2.24) is 10.1 Å². The smallest absolute Gasteiger partial charge is 0.323 e. The summed E-state index contributed by atoms with van der Waals surface area (Å²) in [6, 6.07) is 11.3. The normalized spacial score (nSPS) is 13.7. The third-order valence-electron chi connectivity index (χ3n) is 3.85. The molecule has 3 rings (SSSR count). The molecule has 1 aromatic heterocycles. The van der Waals surface area contributed by atoms with E-state index in [1.54, 1.807) is 6.07 Å². The van der Waals surface area contributed by atoms with Crippen molar-refractivity contribution in [2.45, 2.75) is 25.2 Å². The number of hydrogen-bond donors (Lipinski definition) is 1. The van der Waals surface area contributed by atoms with E-state index in [0.717, 1.165) is 18.4 Å². The highest BCUT2D eigenvalue weighted by atomic mass is 16.5. The average Bonchev–Trinajstić information content (AvgIpc) is 3.29. The van der Waals surface area contributed by atoms with Gasteiger partial charge in [0.15, 0.2) is 5.69 Å². The molecule has 1 aliphatic carbocycles. The highest BCUT2D eigenvalue weighted by Gasteiger charge is 2.30. The van der Waals surface area contributed by atoms with E-state index in [-0.39, 0.29) is 12.2 Å². The largest absolute Gasteiger partial charge is 0.480 e. The van der Waals surface area contributed by atoms with E-state index >= 15 is 0 Å². The lowest BCUT2D eigenvalue weighted by Crippen LogP contribution is -2.37. The van der Waals surface area contributed by atoms with Crippen LogP contribution in [0.15, 0.2) is 40.9 Å². The zero-order valence-electron chi connectivity index (χ0n) is 12.6. The van der Waals surface area contributed by atoms with E-state index in [1.807, 2.05) is 30.3 Å². The Kier molecular flexibility index (Phi) is 4.41. The Labute approximate surface area is 133 Å². The lowest BCUT2D eigenvalue weighted by molar-refractivity contribution is -0.137. The molecule has 2 aromatic rings. The molecule has 0 spiro atoms. The summed E-state index contributed by atoms with van der Waals surface area (Å²) in [6.45, 7) is -0.0297. The molecule has 0 radical (unpaired) electrons. The van der Waals surface area contributed by atoms with Crippen LogP contribution in [0.4, 0.5) is 0 Å². The molecule has 1 N–H and O–H groups in total. The third-order valence-corrected chi connectivity index (χ3v) is 3.85. The Morgan fingerprint density at radius 1 is 1.26 bits per heavy atom. The van der Waals surface area contributed by atoms with Crippen molar-refractivity contribution in [2.24, 2.45) is 0 Å². The van der Waals surface area contributed by atoms with Gasteiger partial charge in [0.2, 0.25) is 0 Å². The Bertz CT molecular complexity index is 692. The minimum atomic E-state index is -1.04. The van der Waals surface area contributed by atoms with Crippen molar-refractivity contribution in [3.8, 4) is 0 Å². The predicted octanol–water partition coefficient (Wildman–Crippen LogP) is 2.32. The maximum atomic E-state index is 12.5. The van der Waals surface area contributed by atoms with Gasteiger partial charge >= 0.3 is 5.97 Å². The quantitative estimate of drug-likeness (QED) is 0.848. The summed E-state index contributed by atoms with van der Waals surface area (Å²) in [5.74, 6) is -0.371. The number of carboxylic acids is 1. The number of carbonyl (C=O) groups is 2. The number of aromatic nitrogens is 1. The lowest BCUT2D eigenvalue weighted by Gasteiger charge is -2.19. The van der Waals surface area contributed by atoms with Crippen molar-refractivity contribution in [3.05, 3.63) is 53.4 Å². The van der Waals surface area contributed by atoms with Crippen LogP contribution >= 0.6 is 0 Å². The van der Waals surface area contributed by atoms with Crippen LogP contribution in [0, 0.1) is 0 Å². The minimum absolute atomic E-state index is 0.182. The van der Waals surface area contributed by atoms with Crippen molar-refractivity contribution >= 4 is 11.9 Å². The van der Waals surface area contributed by atoms with Crippen LogP contribution in [-0.2, 0) is 11.2 Å². The number of hydrogen-bond acceptors (Lipinski definition) is 4. The van der Waals surface area contributed by atoms with Gasteiger partial charge < -0.3 is 14.5 Å².